The van der Waals surface area contributed by atoms with E-state index in [1.54, 1.807) is 12.1 Å². The highest BCUT2D eigenvalue weighted by molar-refractivity contribution is 5.95. The molecule has 0 spiro atoms. The molecule has 0 fully saturated rings. The summed E-state index contributed by atoms with van der Waals surface area (Å²) in [5.74, 6) is -1.56. The van der Waals surface area contributed by atoms with Gasteiger partial charge in [0.15, 0.2) is 0 Å². The molecule has 1 aliphatic rings. The van der Waals surface area contributed by atoms with Crippen LogP contribution in [0.3, 0.4) is 0 Å². The van der Waals surface area contributed by atoms with Gasteiger partial charge >= 0.3 is 12.1 Å². The maximum absolute atomic E-state index is 12.9. The monoisotopic (exact) mass is 314 g/mol. The van der Waals surface area contributed by atoms with Gasteiger partial charge in [0.2, 0.25) is 6.10 Å². The Labute approximate surface area is 126 Å². The number of fused-ring (bicyclic) bond motifs is 1. The number of hydrogen-bond acceptors (Lipinski definition) is 2. The Bertz CT molecular complexity index is 591. The fourth-order valence-corrected chi connectivity index (χ4v) is 2.40. The molecule has 0 saturated heterocycles. The molecule has 3 nitrogen and oxygen atoms in total. The van der Waals surface area contributed by atoms with Gasteiger partial charge in [0.05, 0.1) is 5.57 Å². The van der Waals surface area contributed by atoms with Gasteiger partial charge in [0.1, 0.15) is 5.75 Å². The molecule has 0 amide bonds. The minimum Gasteiger partial charge on any atom is -0.478 e. The molecule has 22 heavy (non-hydrogen) atoms. The Balaban J connectivity index is 2.31. The molecule has 1 aromatic rings. The molecule has 6 heteroatoms. The summed E-state index contributed by atoms with van der Waals surface area (Å²) < 4.78 is 43.6. The van der Waals surface area contributed by atoms with Crippen LogP contribution in [0.1, 0.15) is 37.3 Å². The van der Waals surface area contributed by atoms with Gasteiger partial charge < -0.3 is 9.84 Å². The second-order valence-electron chi connectivity index (χ2n) is 5.27. The van der Waals surface area contributed by atoms with Crippen LogP contribution in [-0.4, -0.2) is 23.4 Å². The lowest BCUT2D eigenvalue weighted by Gasteiger charge is -2.27. The molecule has 0 saturated carbocycles. The molecular weight excluding hydrogens is 297 g/mol. The first-order valence-electron chi connectivity index (χ1n) is 7.14. The van der Waals surface area contributed by atoms with Crippen molar-refractivity contribution >= 4 is 12.0 Å². The van der Waals surface area contributed by atoms with E-state index in [1.807, 2.05) is 0 Å². The van der Waals surface area contributed by atoms with E-state index in [0.717, 1.165) is 37.3 Å². The third-order valence-electron chi connectivity index (χ3n) is 3.53. The van der Waals surface area contributed by atoms with Gasteiger partial charge in [-0.05, 0) is 36.6 Å². The van der Waals surface area contributed by atoms with Gasteiger partial charge in [-0.25, -0.2) is 4.79 Å². The molecule has 120 valence electrons. The standard InChI is InChI=1S/C16H17F3O3/c1-2-3-4-5-10-6-7-13-11(8-10)9-12(15(20)21)14(22-13)16(17,18)19/h6-9,14H,2-5H2,1H3,(H,20,21). The molecule has 0 aromatic heterocycles. The Morgan fingerprint density at radius 1 is 1.32 bits per heavy atom. The molecule has 1 heterocycles. The average molecular weight is 314 g/mol. The highest BCUT2D eigenvalue weighted by Crippen LogP contribution is 2.37. The number of benzene rings is 1. The number of halogens is 3. The minimum absolute atomic E-state index is 0.0616. The average Bonchev–Trinajstić information content (AvgIpc) is 2.45. The van der Waals surface area contributed by atoms with Crippen LogP contribution in [-0.2, 0) is 11.2 Å². The highest BCUT2D eigenvalue weighted by Gasteiger charge is 2.48. The zero-order valence-electron chi connectivity index (χ0n) is 12.1. The summed E-state index contributed by atoms with van der Waals surface area (Å²) in [5.41, 5.74) is 0.555. The summed E-state index contributed by atoms with van der Waals surface area (Å²) in [7, 11) is 0. The molecule has 0 aliphatic carbocycles. The fraction of sp³-hybridized carbons (Fsp3) is 0.438. The summed E-state index contributed by atoms with van der Waals surface area (Å²) in [4.78, 5) is 11.1. The Morgan fingerprint density at radius 3 is 2.64 bits per heavy atom. The van der Waals surface area contributed by atoms with Crippen LogP contribution in [0.25, 0.3) is 6.08 Å². The predicted molar refractivity (Wildman–Crippen MR) is 75.8 cm³/mol. The summed E-state index contributed by atoms with van der Waals surface area (Å²) in [5, 5.41) is 8.99. The van der Waals surface area contributed by atoms with E-state index in [9.17, 15) is 18.0 Å². The molecule has 0 bridgehead atoms. The number of carboxylic acids is 1. The van der Waals surface area contributed by atoms with Crippen molar-refractivity contribution in [2.45, 2.75) is 44.9 Å². The number of carboxylic acid groups (broad SMARTS) is 1. The van der Waals surface area contributed by atoms with Gasteiger partial charge in [0.25, 0.3) is 0 Å². The van der Waals surface area contributed by atoms with Crippen molar-refractivity contribution in [3.05, 3.63) is 34.9 Å². The Morgan fingerprint density at radius 2 is 2.05 bits per heavy atom. The van der Waals surface area contributed by atoms with Crippen LogP contribution in [0.4, 0.5) is 13.2 Å². The van der Waals surface area contributed by atoms with Crippen molar-refractivity contribution in [2.75, 3.05) is 0 Å². The van der Waals surface area contributed by atoms with Crippen LogP contribution in [0.5, 0.6) is 5.75 Å². The van der Waals surface area contributed by atoms with E-state index in [1.165, 1.54) is 6.07 Å². The fourth-order valence-electron chi connectivity index (χ4n) is 2.40. The highest BCUT2D eigenvalue weighted by atomic mass is 19.4. The van der Waals surface area contributed by atoms with E-state index in [2.05, 4.69) is 6.92 Å². The number of carbonyl (C=O) groups is 1. The summed E-state index contributed by atoms with van der Waals surface area (Å²) in [6.45, 7) is 2.08. The SMILES string of the molecule is CCCCCc1ccc2c(c1)C=C(C(=O)O)C(C(F)(F)F)O2. The van der Waals surface area contributed by atoms with Crippen LogP contribution in [0.15, 0.2) is 23.8 Å². The number of aryl methyl sites for hydroxylation is 1. The Kier molecular flexibility index (Phi) is 4.78. The largest absolute Gasteiger partial charge is 0.478 e. The Hall–Kier alpha value is -1.98. The minimum atomic E-state index is -4.76. The van der Waals surface area contributed by atoms with Crippen LogP contribution < -0.4 is 4.74 Å². The lowest BCUT2D eigenvalue weighted by atomic mass is 9.98. The number of unbranched alkanes of at least 4 members (excludes halogenated alkanes) is 2. The van der Waals surface area contributed by atoms with Crippen molar-refractivity contribution in [1.29, 1.82) is 0 Å². The van der Waals surface area contributed by atoms with Crippen molar-refractivity contribution < 1.29 is 27.8 Å². The lowest BCUT2D eigenvalue weighted by Crippen LogP contribution is -2.40. The zero-order valence-corrected chi connectivity index (χ0v) is 12.1. The summed E-state index contributed by atoms with van der Waals surface area (Å²) >= 11 is 0. The molecule has 1 N–H and O–H groups in total. The predicted octanol–water partition coefficient (Wildman–Crippen LogP) is 4.21. The topological polar surface area (TPSA) is 46.5 Å². The molecule has 1 unspecified atom stereocenters. The van der Waals surface area contributed by atoms with Crippen LogP contribution in [0, 0.1) is 0 Å². The zero-order chi connectivity index (χ0) is 16.3. The van der Waals surface area contributed by atoms with E-state index in [0.29, 0.717) is 5.56 Å². The van der Waals surface area contributed by atoms with Crippen LogP contribution in [0.2, 0.25) is 0 Å². The second-order valence-corrected chi connectivity index (χ2v) is 5.27. The lowest BCUT2D eigenvalue weighted by molar-refractivity contribution is -0.187. The maximum atomic E-state index is 12.9. The van der Waals surface area contributed by atoms with Crippen molar-refractivity contribution in [2.24, 2.45) is 0 Å². The first-order valence-corrected chi connectivity index (χ1v) is 7.14. The van der Waals surface area contributed by atoms with Crippen molar-refractivity contribution in [3.8, 4) is 5.75 Å². The third kappa shape index (κ3) is 3.61. The van der Waals surface area contributed by atoms with Gasteiger partial charge in [0, 0.05) is 5.56 Å². The van der Waals surface area contributed by atoms with E-state index < -0.39 is 23.8 Å². The van der Waals surface area contributed by atoms with E-state index >= 15 is 0 Å². The molecular formula is C16H17F3O3. The number of aliphatic carboxylic acids is 1. The van der Waals surface area contributed by atoms with Crippen molar-refractivity contribution in [3.63, 3.8) is 0 Å². The molecule has 1 atom stereocenters. The quantitative estimate of drug-likeness (QED) is 0.828. The maximum Gasteiger partial charge on any atom is 0.430 e. The number of ether oxygens (including phenoxy) is 1. The normalized spacial score (nSPS) is 17.5. The number of alkyl halides is 3. The third-order valence-corrected chi connectivity index (χ3v) is 3.53. The molecule has 1 aromatic carbocycles. The summed E-state index contributed by atoms with van der Waals surface area (Å²) in [6.07, 6.45) is -2.20. The van der Waals surface area contributed by atoms with Crippen molar-refractivity contribution in [1.82, 2.24) is 0 Å². The van der Waals surface area contributed by atoms with E-state index in [4.69, 9.17) is 9.84 Å². The molecule has 2 rings (SSSR count). The molecule has 1 aliphatic heterocycles. The van der Waals surface area contributed by atoms with Gasteiger partial charge in [-0.2, -0.15) is 13.2 Å². The summed E-state index contributed by atoms with van der Waals surface area (Å²) in [6, 6.07) is 4.90. The first-order chi connectivity index (χ1) is 10.3. The second kappa shape index (κ2) is 6.42. The van der Waals surface area contributed by atoms with Gasteiger partial charge in [-0.1, -0.05) is 25.8 Å². The molecule has 0 radical (unpaired) electrons. The smallest absolute Gasteiger partial charge is 0.430 e. The van der Waals surface area contributed by atoms with E-state index in [-0.39, 0.29) is 5.75 Å². The van der Waals surface area contributed by atoms with Gasteiger partial charge in [-0.15, -0.1) is 0 Å². The number of rotatable bonds is 5. The van der Waals surface area contributed by atoms with Gasteiger partial charge in [-0.3, -0.25) is 0 Å². The number of hydrogen-bond donors (Lipinski definition) is 1. The van der Waals surface area contributed by atoms with Crippen LogP contribution >= 0.6 is 0 Å². The first kappa shape index (κ1) is 16.4.